The molecule has 0 spiro atoms. The largest absolute Gasteiger partial charge is 0.504 e. The zero-order valence-corrected chi connectivity index (χ0v) is 20.4. The highest BCUT2D eigenvalue weighted by Crippen LogP contribution is 2.27. The van der Waals surface area contributed by atoms with Gasteiger partial charge in [0, 0.05) is 25.2 Å². The molecule has 0 aliphatic rings. The van der Waals surface area contributed by atoms with Gasteiger partial charge in [0.25, 0.3) is 0 Å². The molecule has 2 aromatic rings. The van der Waals surface area contributed by atoms with Gasteiger partial charge in [0.1, 0.15) is 0 Å². The molecule has 2 rings (SSSR count). The van der Waals surface area contributed by atoms with Crippen LogP contribution in [0.5, 0.6) is 23.0 Å². The van der Waals surface area contributed by atoms with Gasteiger partial charge in [0.15, 0.2) is 23.0 Å². The predicted molar refractivity (Wildman–Crippen MR) is 141 cm³/mol. The Kier molecular flexibility index (Phi) is 11.9. The van der Waals surface area contributed by atoms with E-state index in [0.717, 1.165) is 24.0 Å². The van der Waals surface area contributed by atoms with Crippen LogP contribution in [-0.2, 0) is 9.59 Å². The zero-order chi connectivity index (χ0) is 26.2. The summed E-state index contributed by atoms with van der Waals surface area (Å²) >= 11 is 0. The topological polar surface area (TPSA) is 117 Å². The number of carbonyl (C=O) groups is 2. The molecule has 8 nitrogen and oxygen atoms in total. The average Bonchev–Trinajstić information content (AvgIpc) is 2.88. The third kappa shape index (κ3) is 10.2. The van der Waals surface area contributed by atoms with E-state index in [4.69, 9.17) is 9.47 Å². The molecule has 0 saturated carbocycles. The summed E-state index contributed by atoms with van der Waals surface area (Å²) in [5, 5.41) is 24.8. The Hall–Kier alpha value is -4.46. The Labute approximate surface area is 211 Å². The van der Waals surface area contributed by atoms with Gasteiger partial charge in [0.05, 0.1) is 14.2 Å². The molecule has 0 atom stereocenters. The molecule has 0 unspecified atom stereocenters. The smallest absolute Gasteiger partial charge is 0.243 e. The van der Waals surface area contributed by atoms with Gasteiger partial charge in [-0.1, -0.05) is 48.6 Å². The van der Waals surface area contributed by atoms with Gasteiger partial charge < -0.3 is 30.3 Å². The first-order valence-corrected chi connectivity index (χ1v) is 11.4. The highest BCUT2D eigenvalue weighted by molar-refractivity contribution is 5.88. The minimum atomic E-state index is -0.201. The number of ether oxygens (including phenoxy) is 2. The van der Waals surface area contributed by atoms with Crippen molar-refractivity contribution in [2.75, 3.05) is 27.3 Å². The molecule has 2 amide bonds. The summed E-state index contributed by atoms with van der Waals surface area (Å²) in [4.78, 5) is 23.7. The van der Waals surface area contributed by atoms with Crippen LogP contribution in [0.1, 0.15) is 24.0 Å². The fourth-order valence-corrected chi connectivity index (χ4v) is 3.01. The molecule has 0 aromatic heterocycles. The van der Waals surface area contributed by atoms with Crippen molar-refractivity contribution < 1.29 is 29.3 Å². The van der Waals surface area contributed by atoms with Crippen molar-refractivity contribution in [3.8, 4) is 23.0 Å². The van der Waals surface area contributed by atoms with Gasteiger partial charge in [-0.3, -0.25) is 9.59 Å². The number of rotatable bonds is 13. The third-order valence-corrected chi connectivity index (χ3v) is 4.90. The van der Waals surface area contributed by atoms with Gasteiger partial charge in [-0.25, -0.2) is 0 Å². The SMILES string of the molecule is COc1cc(C=CC=CC(=O)NCCCCNC(=O)C=CC=Cc2ccc(O)c(OC)c2)ccc1O. The lowest BCUT2D eigenvalue weighted by Crippen LogP contribution is -2.25. The number of nitrogens with one attached hydrogen (secondary N) is 2. The number of methoxy groups -OCH3 is 2. The summed E-state index contributed by atoms with van der Waals surface area (Å²) in [6, 6.07) is 9.96. The van der Waals surface area contributed by atoms with Gasteiger partial charge in [0.2, 0.25) is 11.8 Å². The maximum atomic E-state index is 11.9. The summed E-state index contributed by atoms with van der Waals surface area (Å²) in [5.74, 6) is 0.508. The summed E-state index contributed by atoms with van der Waals surface area (Å²) in [6.45, 7) is 1.01. The maximum absolute atomic E-state index is 11.9. The lowest BCUT2D eigenvalue weighted by Gasteiger charge is -2.04. The molecule has 0 saturated heterocycles. The van der Waals surface area contributed by atoms with Gasteiger partial charge in [-0.05, 0) is 48.2 Å². The van der Waals surface area contributed by atoms with Gasteiger partial charge in [-0.2, -0.15) is 0 Å². The molecule has 0 aliphatic heterocycles. The number of hydrogen-bond donors (Lipinski definition) is 4. The van der Waals surface area contributed by atoms with E-state index in [1.807, 2.05) is 0 Å². The van der Waals surface area contributed by atoms with E-state index in [1.165, 1.54) is 26.4 Å². The van der Waals surface area contributed by atoms with Crippen LogP contribution >= 0.6 is 0 Å². The van der Waals surface area contributed by atoms with Crippen LogP contribution in [0.25, 0.3) is 12.2 Å². The van der Waals surface area contributed by atoms with Crippen LogP contribution in [0.3, 0.4) is 0 Å². The van der Waals surface area contributed by atoms with Crippen molar-refractivity contribution >= 4 is 24.0 Å². The number of aromatic hydroxyl groups is 2. The Morgan fingerprint density at radius 3 is 1.53 bits per heavy atom. The molecular formula is C28H32N2O6. The first-order valence-electron chi connectivity index (χ1n) is 11.4. The molecule has 4 N–H and O–H groups in total. The van der Waals surface area contributed by atoms with Crippen LogP contribution < -0.4 is 20.1 Å². The minimum Gasteiger partial charge on any atom is -0.504 e. The Bertz CT molecular complexity index is 1050. The number of phenols is 2. The lowest BCUT2D eigenvalue weighted by atomic mass is 10.2. The second-order valence-corrected chi connectivity index (χ2v) is 7.59. The van der Waals surface area contributed by atoms with E-state index in [2.05, 4.69) is 10.6 Å². The number of unbranched alkanes of at least 4 members (excludes halogenated alkanes) is 1. The van der Waals surface area contributed by atoms with Crippen molar-refractivity contribution in [1.82, 2.24) is 10.6 Å². The van der Waals surface area contributed by atoms with Crippen molar-refractivity contribution in [2.24, 2.45) is 0 Å². The summed E-state index contributed by atoms with van der Waals surface area (Å²) in [7, 11) is 2.97. The summed E-state index contributed by atoms with van der Waals surface area (Å²) in [6.07, 6.45) is 14.6. The molecular weight excluding hydrogens is 460 g/mol. The number of amides is 2. The highest BCUT2D eigenvalue weighted by atomic mass is 16.5. The predicted octanol–water partition coefficient (Wildman–Crippen LogP) is 3.97. The standard InChI is InChI=1S/C28H32N2O6/c1-35-25-19-21(13-15-23(25)31)9-3-5-11-27(33)29-17-7-8-18-30-28(34)12-6-4-10-22-14-16-24(32)26(20-22)36-2/h3-6,9-16,19-20,31-32H,7-8,17-18H2,1-2H3,(H,29,33)(H,30,34). The maximum Gasteiger partial charge on any atom is 0.243 e. The molecule has 2 aromatic carbocycles. The highest BCUT2D eigenvalue weighted by Gasteiger charge is 2.01. The van der Waals surface area contributed by atoms with Crippen molar-refractivity contribution in [2.45, 2.75) is 12.8 Å². The molecule has 36 heavy (non-hydrogen) atoms. The van der Waals surface area contributed by atoms with E-state index in [0.29, 0.717) is 24.6 Å². The molecule has 0 aliphatic carbocycles. The molecule has 0 radical (unpaired) electrons. The Morgan fingerprint density at radius 2 is 1.14 bits per heavy atom. The third-order valence-electron chi connectivity index (χ3n) is 4.90. The van der Waals surface area contributed by atoms with Crippen LogP contribution in [0, 0.1) is 0 Å². The van der Waals surface area contributed by atoms with Crippen molar-refractivity contribution in [3.63, 3.8) is 0 Å². The molecule has 0 heterocycles. The summed E-state index contributed by atoms with van der Waals surface area (Å²) < 4.78 is 10.1. The first kappa shape index (κ1) is 27.8. The van der Waals surface area contributed by atoms with Crippen molar-refractivity contribution in [3.05, 3.63) is 84.0 Å². The number of carbonyl (C=O) groups excluding carboxylic acids is 2. The second-order valence-electron chi connectivity index (χ2n) is 7.59. The van der Waals surface area contributed by atoms with E-state index in [1.54, 1.807) is 72.9 Å². The van der Waals surface area contributed by atoms with E-state index in [-0.39, 0.29) is 23.3 Å². The van der Waals surface area contributed by atoms with Crippen LogP contribution in [0.2, 0.25) is 0 Å². The minimum absolute atomic E-state index is 0.0707. The van der Waals surface area contributed by atoms with Crippen LogP contribution in [-0.4, -0.2) is 49.3 Å². The summed E-state index contributed by atoms with van der Waals surface area (Å²) in [5.41, 5.74) is 1.67. The lowest BCUT2D eigenvalue weighted by molar-refractivity contribution is -0.117. The fraction of sp³-hybridized carbons (Fsp3) is 0.214. The number of allylic oxidation sites excluding steroid dienone is 4. The van der Waals surface area contributed by atoms with E-state index < -0.39 is 0 Å². The number of phenolic OH excluding ortho intramolecular Hbond substituents is 2. The van der Waals surface area contributed by atoms with Gasteiger partial charge >= 0.3 is 0 Å². The quantitative estimate of drug-likeness (QED) is 0.191. The molecule has 8 heteroatoms. The normalized spacial score (nSPS) is 11.5. The molecule has 190 valence electrons. The van der Waals surface area contributed by atoms with E-state index in [9.17, 15) is 19.8 Å². The van der Waals surface area contributed by atoms with Gasteiger partial charge in [-0.15, -0.1) is 0 Å². The van der Waals surface area contributed by atoms with Crippen molar-refractivity contribution in [1.29, 1.82) is 0 Å². The first-order chi connectivity index (χ1) is 17.4. The Morgan fingerprint density at radius 1 is 0.722 bits per heavy atom. The number of benzene rings is 2. The Balaban J connectivity index is 1.58. The van der Waals surface area contributed by atoms with Crippen LogP contribution in [0.4, 0.5) is 0 Å². The fourth-order valence-electron chi connectivity index (χ4n) is 3.01. The number of hydrogen-bond acceptors (Lipinski definition) is 6. The van der Waals surface area contributed by atoms with Crippen LogP contribution in [0.15, 0.2) is 72.9 Å². The average molecular weight is 493 g/mol. The second kappa shape index (κ2) is 15.4. The zero-order valence-electron chi connectivity index (χ0n) is 20.4. The monoisotopic (exact) mass is 492 g/mol. The molecule has 0 fully saturated rings. The van der Waals surface area contributed by atoms with E-state index >= 15 is 0 Å². The molecule has 0 bridgehead atoms.